The van der Waals surface area contributed by atoms with Gasteiger partial charge in [-0.1, -0.05) is 49.6 Å². The van der Waals surface area contributed by atoms with E-state index in [2.05, 4.69) is 0 Å². The molecule has 2 nitrogen and oxygen atoms in total. The number of phenolic OH excluding ortho intramolecular Hbond substituents is 1. The van der Waals surface area contributed by atoms with Crippen LogP contribution in [-0.2, 0) is 0 Å². The van der Waals surface area contributed by atoms with Crippen molar-refractivity contribution in [2.45, 2.75) is 38.2 Å². The van der Waals surface area contributed by atoms with Crippen molar-refractivity contribution >= 4 is 10.8 Å². The summed E-state index contributed by atoms with van der Waals surface area (Å²) in [7, 11) is 0. The van der Waals surface area contributed by atoms with Crippen molar-refractivity contribution in [3.05, 3.63) is 42.0 Å². The Morgan fingerprint density at radius 1 is 0.947 bits per heavy atom. The van der Waals surface area contributed by atoms with Crippen LogP contribution in [0.1, 0.15) is 43.8 Å². The van der Waals surface area contributed by atoms with Gasteiger partial charge in [0.2, 0.25) is 0 Å². The van der Waals surface area contributed by atoms with Gasteiger partial charge in [-0.3, -0.25) is 0 Å². The molecule has 19 heavy (non-hydrogen) atoms. The number of hydrogen-bond acceptors (Lipinski definition) is 2. The SMILES string of the molecule is Oc1ccc2ccccc2c1[C@H](O)C1CCCCC1. The Hall–Kier alpha value is -1.54. The first-order valence-electron chi connectivity index (χ1n) is 7.16. The molecule has 0 aliphatic heterocycles. The fraction of sp³-hybridized carbons (Fsp3) is 0.412. The Bertz CT molecular complexity index is 570. The standard InChI is InChI=1S/C17H20O2/c18-15-11-10-12-6-4-5-9-14(12)16(15)17(19)13-7-2-1-3-8-13/h4-6,9-11,13,17-19H,1-3,7-8H2/t17-/m1/s1. The van der Waals surface area contributed by atoms with Gasteiger partial charge in [-0.05, 0) is 35.6 Å². The summed E-state index contributed by atoms with van der Waals surface area (Å²) in [5, 5.41) is 22.9. The Morgan fingerprint density at radius 2 is 1.68 bits per heavy atom. The monoisotopic (exact) mass is 256 g/mol. The minimum absolute atomic E-state index is 0.219. The molecule has 1 fully saturated rings. The summed E-state index contributed by atoms with van der Waals surface area (Å²) in [6.07, 6.45) is 5.21. The van der Waals surface area contributed by atoms with Crippen molar-refractivity contribution in [3.8, 4) is 5.75 Å². The minimum Gasteiger partial charge on any atom is -0.508 e. The molecular weight excluding hydrogens is 236 g/mol. The second-order valence-corrected chi connectivity index (χ2v) is 5.56. The molecule has 2 aromatic rings. The molecule has 0 radical (unpaired) electrons. The van der Waals surface area contributed by atoms with Crippen LogP contribution >= 0.6 is 0 Å². The predicted molar refractivity (Wildman–Crippen MR) is 77.1 cm³/mol. The third-order valence-corrected chi connectivity index (χ3v) is 4.34. The third kappa shape index (κ3) is 2.33. The smallest absolute Gasteiger partial charge is 0.122 e. The van der Waals surface area contributed by atoms with Gasteiger partial charge in [0.25, 0.3) is 0 Å². The Balaban J connectivity index is 2.05. The van der Waals surface area contributed by atoms with Gasteiger partial charge in [0.1, 0.15) is 5.75 Å². The largest absolute Gasteiger partial charge is 0.508 e. The van der Waals surface area contributed by atoms with E-state index in [0.717, 1.165) is 23.6 Å². The van der Waals surface area contributed by atoms with Gasteiger partial charge in [0.05, 0.1) is 6.10 Å². The van der Waals surface area contributed by atoms with E-state index in [0.29, 0.717) is 5.56 Å². The first-order valence-corrected chi connectivity index (χ1v) is 7.16. The van der Waals surface area contributed by atoms with E-state index in [1.165, 1.54) is 19.3 Å². The summed E-state index contributed by atoms with van der Waals surface area (Å²) < 4.78 is 0. The number of phenols is 1. The molecule has 3 rings (SSSR count). The first kappa shape index (κ1) is 12.5. The fourth-order valence-electron chi connectivity index (χ4n) is 3.28. The average Bonchev–Trinajstić information content (AvgIpc) is 2.47. The molecule has 100 valence electrons. The maximum absolute atomic E-state index is 10.7. The number of benzene rings is 2. The van der Waals surface area contributed by atoms with E-state index in [1.54, 1.807) is 6.07 Å². The third-order valence-electron chi connectivity index (χ3n) is 4.34. The van der Waals surface area contributed by atoms with Gasteiger partial charge >= 0.3 is 0 Å². The van der Waals surface area contributed by atoms with Crippen LogP contribution in [0.4, 0.5) is 0 Å². The van der Waals surface area contributed by atoms with Gasteiger partial charge in [0, 0.05) is 5.56 Å². The molecule has 0 amide bonds. The molecule has 2 heteroatoms. The van der Waals surface area contributed by atoms with Crippen LogP contribution < -0.4 is 0 Å². The maximum Gasteiger partial charge on any atom is 0.122 e. The summed E-state index contributed by atoms with van der Waals surface area (Å²) >= 11 is 0. The number of rotatable bonds is 2. The molecule has 1 atom stereocenters. The second-order valence-electron chi connectivity index (χ2n) is 5.56. The molecule has 0 heterocycles. The number of aromatic hydroxyl groups is 1. The van der Waals surface area contributed by atoms with E-state index in [4.69, 9.17) is 0 Å². The van der Waals surface area contributed by atoms with Crippen molar-refractivity contribution in [1.82, 2.24) is 0 Å². The second kappa shape index (κ2) is 5.22. The fourth-order valence-corrected chi connectivity index (χ4v) is 3.28. The quantitative estimate of drug-likeness (QED) is 0.847. The summed E-state index contributed by atoms with van der Waals surface area (Å²) in [5.74, 6) is 0.502. The van der Waals surface area contributed by atoms with Gasteiger partial charge in [-0.2, -0.15) is 0 Å². The van der Waals surface area contributed by atoms with E-state index < -0.39 is 6.10 Å². The highest BCUT2D eigenvalue weighted by atomic mass is 16.3. The molecule has 1 saturated carbocycles. The van der Waals surface area contributed by atoms with Crippen LogP contribution in [0.3, 0.4) is 0 Å². The number of aliphatic hydroxyl groups is 1. The molecule has 1 aliphatic carbocycles. The summed E-state index contributed by atoms with van der Waals surface area (Å²) in [6.45, 7) is 0. The molecule has 2 aromatic carbocycles. The highest BCUT2D eigenvalue weighted by Crippen LogP contribution is 2.40. The topological polar surface area (TPSA) is 40.5 Å². The highest BCUT2D eigenvalue weighted by molar-refractivity contribution is 5.88. The molecule has 1 aliphatic rings. The van der Waals surface area contributed by atoms with Crippen molar-refractivity contribution in [3.63, 3.8) is 0 Å². The van der Waals surface area contributed by atoms with Crippen molar-refractivity contribution in [2.24, 2.45) is 5.92 Å². The van der Waals surface area contributed by atoms with Gasteiger partial charge in [0.15, 0.2) is 0 Å². The van der Waals surface area contributed by atoms with E-state index in [1.807, 2.05) is 30.3 Å². The number of fused-ring (bicyclic) bond motifs is 1. The van der Waals surface area contributed by atoms with E-state index in [9.17, 15) is 10.2 Å². The predicted octanol–water partition coefficient (Wildman–Crippen LogP) is 4.16. The van der Waals surface area contributed by atoms with Crippen LogP contribution in [-0.4, -0.2) is 10.2 Å². The molecule has 0 spiro atoms. The average molecular weight is 256 g/mol. The van der Waals surface area contributed by atoms with E-state index in [-0.39, 0.29) is 11.7 Å². The van der Waals surface area contributed by atoms with Crippen LogP contribution in [0.25, 0.3) is 10.8 Å². The molecule has 0 saturated heterocycles. The molecule has 0 bridgehead atoms. The number of hydrogen-bond donors (Lipinski definition) is 2. The number of aliphatic hydroxyl groups excluding tert-OH is 1. The van der Waals surface area contributed by atoms with Crippen molar-refractivity contribution in [2.75, 3.05) is 0 Å². The van der Waals surface area contributed by atoms with Crippen LogP contribution in [0.2, 0.25) is 0 Å². The lowest BCUT2D eigenvalue weighted by Crippen LogP contribution is -2.16. The summed E-state index contributed by atoms with van der Waals surface area (Å²) in [5.41, 5.74) is 0.713. The molecule has 2 N–H and O–H groups in total. The maximum atomic E-state index is 10.7. The van der Waals surface area contributed by atoms with Gasteiger partial charge in [-0.25, -0.2) is 0 Å². The normalized spacial score (nSPS) is 18.6. The lowest BCUT2D eigenvalue weighted by molar-refractivity contribution is 0.0839. The lowest BCUT2D eigenvalue weighted by Gasteiger charge is -2.28. The van der Waals surface area contributed by atoms with Gasteiger partial charge < -0.3 is 10.2 Å². The summed E-state index contributed by atoms with van der Waals surface area (Å²) in [4.78, 5) is 0. The van der Waals surface area contributed by atoms with Gasteiger partial charge in [-0.15, -0.1) is 0 Å². The highest BCUT2D eigenvalue weighted by Gasteiger charge is 2.26. The zero-order valence-corrected chi connectivity index (χ0v) is 11.0. The Labute approximate surface area is 113 Å². The minimum atomic E-state index is -0.550. The Morgan fingerprint density at radius 3 is 2.47 bits per heavy atom. The zero-order chi connectivity index (χ0) is 13.2. The Kier molecular flexibility index (Phi) is 3.43. The molecule has 0 aromatic heterocycles. The van der Waals surface area contributed by atoms with Crippen molar-refractivity contribution < 1.29 is 10.2 Å². The van der Waals surface area contributed by atoms with Crippen LogP contribution in [0.5, 0.6) is 5.75 Å². The molecule has 0 unspecified atom stereocenters. The zero-order valence-electron chi connectivity index (χ0n) is 11.0. The van der Waals surface area contributed by atoms with Crippen LogP contribution in [0, 0.1) is 5.92 Å². The summed E-state index contributed by atoms with van der Waals surface area (Å²) in [6, 6.07) is 11.5. The van der Waals surface area contributed by atoms with Crippen LogP contribution in [0.15, 0.2) is 36.4 Å². The molecular formula is C17H20O2. The first-order chi connectivity index (χ1) is 9.27. The van der Waals surface area contributed by atoms with E-state index >= 15 is 0 Å². The van der Waals surface area contributed by atoms with Crippen molar-refractivity contribution in [1.29, 1.82) is 0 Å². The lowest BCUT2D eigenvalue weighted by atomic mass is 9.81.